The molecule has 2 amide bonds. The normalized spacial score (nSPS) is 19.4. The van der Waals surface area contributed by atoms with Crippen LogP contribution in [0.2, 0.25) is 0 Å². The van der Waals surface area contributed by atoms with Crippen molar-refractivity contribution in [2.24, 2.45) is 10.8 Å². The van der Waals surface area contributed by atoms with Gasteiger partial charge in [0.2, 0.25) is 5.91 Å². The van der Waals surface area contributed by atoms with Crippen molar-refractivity contribution in [3.63, 3.8) is 0 Å². The number of hydrazone groups is 1. The summed E-state index contributed by atoms with van der Waals surface area (Å²) in [4.78, 5) is 27.0. The molecule has 0 bridgehead atoms. The Morgan fingerprint density at radius 1 is 1.13 bits per heavy atom. The molecule has 0 saturated heterocycles. The molecule has 2 aromatic carbocycles. The summed E-state index contributed by atoms with van der Waals surface area (Å²) in [6.45, 7) is 1.79. The summed E-state index contributed by atoms with van der Waals surface area (Å²) >= 11 is 0. The van der Waals surface area contributed by atoms with Crippen molar-refractivity contribution >= 4 is 23.2 Å². The van der Waals surface area contributed by atoms with Gasteiger partial charge in [-0.1, -0.05) is 18.2 Å². The third kappa shape index (κ3) is 3.77. The zero-order valence-corrected chi connectivity index (χ0v) is 16.5. The molecular weight excluding hydrogens is 390 g/mol. The number of hydrogen-bond donors (Lipinski definition) is 1. The number of anilines is 1. The fourth-order valence-corrected chi connectivity index (χ4v) is 3.82. The lowest BCUT2D eigenvalue weighted by molar-refractivity contribution is -0.126. The summed E-state index contributed by atoms with van der Waals surface area (Å²) in [6, 6.07) is 10.5. The zero-order valence-electron chi connectivity index (χ0n) is 16.5. The minimum atomic E-state index is -0.848. The molecule has 1 aliphatic heterocycles. The van der Waals surface area contributed by atoms with Gasteiger partial charge in [-0.2, -0.15) is 5.10 Å². The molecule has 1 aliphatic carbocycles. The van der Waals surface area contributed by atoms with E-state index in [1.54, 1.807) is 30.0 Å². The Morgan fingerprint density at radius 3 is 2.40 bits per heavy atom. The van der Waals surface area contributed by atoms with Crippen LogP contribution in [-0.4, -0.2) is 34.5 Å². The van der Waals surface area contributed by atoms with Crippen LogP contribution in [0.4, 0.5) is 14.5 Å². The number of nitrogens with two attached hydrogens (primary N) is 1. The molecule has 2 atom stereocenters. The quantitative estimate of drug-likeness (QED) is 0.792. The van der Waals surface area contributed by atoms with E-state index in [9.17, 15) is 18.4 Å². The average Bonchev–Trinajstić information content (AvgIpc) is 3.45. The fourth-order valence-electron chi connectivity index (χ4n) is 3.82. The maximum atomic E-state index is 14.3. The van der Waals surface area contributed by atoms with E-state index in [0.717, 1.165) is 12.8 Å². The van der Waals surface area contributed by atoms with Crippen LogP contribution in [-0.2, 0) is 9.59 Å². The van der Waals surface area contributed by atoms with Gasteiger partial charge in [-0.25, -0.2) is 8.78 Å². The summed E-state index contributed by atoms with van der Waals surface area (Å²) in [7, 11) is 0. The zero-order chi connectivity index (χ0) is 21.4. The molecule has 0 spiro atoms. The standard InChI is InChI=1S/C22H22F2N4O2/c1-13(17-4-2-3-5-18(17)24)27(15-10-11-15)22(30)19-12-20(21(25)29)28(26-19)16-8-6-14(23)7-9-16/h2-9,13,15,20H,10-12H2,1H3,(H2,25,29). The van der Waals surface area contributed by atoms with Gasteiger partial charge in [0.1, 0.15) is 23.4 Å². The molecule has 1 saturated carbocycles. The van der Waals surface area contributed by atoms with E-state index in [2.05, 4.69) is 5.10 Å². The summed E-state index contributed by atoms with van der Waals surface area (Å²) in [5.41, 5.74) is 6.60. The number of rotatable bonds is 6. The number of carbonyl (C=O) groups excluding carboxylic acids is 2. The van der Waals surface area contributed by atoms with Crippen molar-refractivity contribution in [2.45, 2.75) is 44.3 Å². The molecule has 6 nitrogen and oxygen atoms in total. The Labute approximate surface area is 173 Å². The Kier molecular flexibility index (Phi) is 5.24. The van der Waals surface area contributed by atoms with E-state index in [0.29, 0.717) is 11.3 Å². The first-order valence-electron chi connectivity index (χ1n) is 9.85. The second-order valence-electron chi connectivity index (χ2n) is 7.63. The van der Waals surface area contributed by atoms with Crippen LogP contribution in [0.3, 0.4) is 0 Å². The smallest absolute Gasteiger partial charge is 0.270 e. The predicted molar refractivity (Wildman–Crippen MR) is 109 cm³/mol. The first-order valence-corrected chi connectivity index (χ1v) is 9.85. The van der Waals surface area contributed by atoms with Crippen molar-refractivity contribution in [1.29, 1.82) is 0 Å². The second-order valence-corrected chi connectivity index (χ2v) is 7.63. The Morgan fingerprint density at radius 2 is 1.80 bits per heavy atom. The van der Waals surface area contributed by atoms with Gasteiger partial charge < -0.3 is 10.6 Å². The van der Waals surface area contributed by atoms with Crippen molar-refractivity contribution in [1.82, 2.24) is 4.90 Å². The number of halogens is 2. The predicted octanol–water partition coefficient (Wildman–Crippen LogP) is 3.14. The van der Waals surface area contributed by atoms with Crippen LogP contribution in [0, 0.1) is 11.6 Å². The van der Waals surface area contributed by atoms with Crippen LogP contribution >= 0.6 is 0 Å². The van der Waals surface area contributed by atoms with E-state index < -0.39 is 23.8 Å². The molecule has 0 aromatic heterocycles. The molecular formula is C22H22F2N4O2. The van der Waals surface area contributed by atoms with Crippen LogP contribution in [0.5, 0.6) is 0 Å². The van der Waals surface area contributed by atoms with Gasteiger partial charge in [0.25, 0.3) is 5.91 Å². The first-order chi connectivity index (χ1) is 14.4. The van der Waals surface area contributed by atoms with Crippen molar-refractivity contribution in [3.05, 3.63) is 65.7 Å². The second kappa shape index (κ2) is 7.85. The summed E-state index contributed by atoms with van der Waals surface area (Å²) in [6.07, 6.45) is 1.70. The van der Waals surface area contributed by atoms with Crippen molar-refractivity contribution in [2.75, 3.05) is 5.01 Å². The highest BCUT2D eigenvalue weighted by atomic mass is 19.1. The highest BCUT2D eigenvalue weighted by Gasteiger charge is 2.42. The summed E-state index contributed by atoms with van der Waals surface area (Å²) < 4.78 is 27.6. The molecule has 1 fully saturated rings. The molecule has 2 unspecified atom stereocenters. The molecule has 30 heavy (non-hydrogen) atoms. The van der Waals surface area contributed by atoms with E-state index in [1.165, 1.54) is 35.3 Å². The lowest BCUT2D eigenvalue weighted by atomic mass is 10.0. The number of amides is 2. The lowest BCUT2D eigenvalue weighted by Crippen LogP contribution is -2.42. The average molecular weight is 412 g/mol. The van der Waals surface area contributed by atoms with E-state index in [-0.39, 0.29) is 29.9 Å². The highest BCUT2D eigenvalue weighted by molar-refractivity contribution is 6.40. The largest absolute Gasteiger partial charge is 0.368 e. The van der Waals surface area contributed by atoms with Gasteiger partial charge in [0.15, 0.2) is 0 Å². The molecule has 4 rings (SSSR count). The minimum absolute atomic E-state index is 0.00158. The molecule has 2 N–H and O–H groups in total. The maximum absolute atomic E-state index is 14.3. The SMILES string of the molecule is CC(c1ccccc1F)N(C(=O)C1=NN(c2ccc(F)cc2)C(C(N)=O)C1)C1CC1. The summed E-state index contributed by atoms with van der Waals surface area (Å²) in [5.74, 6) is -1.78. The number of primary amides is 1. The van der Waals surface area contributed by atoms with Gasteiger partial charge in [-0.05, 0) is 50.1 Å². The number of hydrogen-bond acceptors (Lipinski definition) is 4. The fraction of sp³-hybridized carbons (Fsp3) is 0.318. The monoisotopic (exact) mass is 412 g/mol. The third-order valence-corrected chi connectivity index (χ3v) is 5.52. The van der Waals surface area contributed by atoms with E-state index >= 15 is 0 Å². The number of carbonyl (C=O) groups is 2. The van der Waals surface area contributed by atoms with Crippen molar-refractivity contribution < 1.29 is 18.4 Å². The minimum Gasteiger partial charge on any atom is -0.368 e. The topological polar surface area (TPSA) is 79.0 Å². The lowest BCUT2D eigenvalue weighted by Gasteiger charge is -2.30. The third-order valence-electron chi connectivity index (χ3n) is 5.52. The van der Waals surface area contributed by atoms with Gasteiger partial charge >= 0.3 is 0 Å². The van der Waals surface area contributed by atoms with Crippen LogP contribution < -0.4 is 10.7 Å². The van der Waals surface area contributed by atoms with E-state index in [4.69, 9.17) is 5.73 Å². The summed E-state index contributed by atoms with van der Waals surface area (Å²) in [5, 5.41) is 5.72. The Balaban J connectivity index is 1.64. The maximum Gasteiger partial charge on any atom is 0.270 e. The van der Waals surface area contributed by atoms with E-state index in [1.807, 2.05) is 0 Å². The first kappa shape index (κ1) is 20.0. The van der Waals surface area contributed by atoms with Gasteiger partial charge in [-0.3, -0.25) is 14.6 Å². The van der Waals surface area contributed by atoms with Crippen molar-refractivity contribution in [3.8, 4) is 0 Å². The molecule has 8 heteroatoms. The number of benzene rings is 2. The molecule has 2 aromatic rings. The van der Waals surface area contributed by atoms with Crippen LogP contribution in [0.15, 0.2) is 53.6 Å². The number of nitrogens with zero attached hydrogens (tertiary/aromatic N) is 3. The molecule has 156 valence electrons. The highest BCUT2D eigenvalue weighted by Crippen LogP contribution is 2.36. The van der Waals surface area contributed by atoms with Crippen LogP contribution in [0.1, 0.15) is 37.8 Å². The van der Waals surface area contributed by atoms with Gasteiger partial charge in [0, 0.05) is 18.0 Å². The molecule has 2 aliphatic rings. The van der Waals surface area contributed by atoms with Gasteiger partial charge in [0.05, 0.1) is 11.7 Å². The Hall–Kier alpha value is -3.29. The van der Waals surface area contributed by atoms with Crippen LogP contribution in [0.25, 0.3) is 0 Å². The Bertz CT molecular complexity index is 1000. The van der Waals surface area contributed by atoms with Gasteiger partial charge in [-0.15, -0.1) is 0 Å². The molecule has 1 heterocycles. The molecule has 0 radical (unpaired) electrons.